The summed E-state index contributed by atoms with van der Waals surface area (Å²) < 4.78 is 27.2. The Hall–Kier alpha value is -3.29. The van der Waals surface area contributed by atoms with E-state index < -0.39 is 23.6 Å². The Balaban J connectivity index is 1.70. The van der Waals surface area contributed by atoms with Gasteiger partial charge in [-0.3, -0.25) is 14.4 Å². The van der Waals surface area contributed by atoms with Gasteiger partial charge < -0.3 is 15.5 Å². The van der Waals surface area contributed by atoms with Gasteiger partial charge in [0.2, 0.25) is 5.91 Å². The van der Waals surface area contributed by atoms with Crippen molar-refractivity contribution in [3.05, 3.63) is 71.3 Å². The molecule has 1 saturated heterocycles. The Morgan fingerprint density at radius 3 is 2.16 bits per heavy atom. The highest BCUT2D eigenvalue weighted by molar-refractivity contribution is 5.97. The highest BCUT2D eigenvalue weighted by Gasteiger charge is 2.34. The monoisotopic (exact) mass is 443 g/mol. The molecule has 0 bridgehead atoms. The van der Waals surface area contributed by atoms with Crippen LogP contribution in [0.2, 0.25) is 0 Å². The smallest absolute Gasteiger partial charge is 0.256 e. The fraction of sp³-hybridized carbons (Fsp3) is 0.375. The van der Waals surface area contributed by atoms with Gasteiger partial charge in [-0.2, -0.15) is 0 Å². The molecule has 8 heteroatoms. The molecule has 170 valence electrons. The number of piperidine rings is 1. The van der Waals surface area contributed by atoms with Gasteiger partial charge in [0, 0.05) is 24.7 Å². The highest BCUT2D eigenvalue weighted by atomic mass is 19.1. The third-order valence-corrected chi connectivity index (χ3v) is 5.51. The zero-order chi connectivity index (χ0) is 23.3. The molecule has 2 aromatic carbocycles. The van der Waals surface area contributed by atoms with Crippen LogP contribution in [-0.2, 0) is 4.79 Å². The van der Waals surface area contributed by atoms with E-state index in [0.29, 0.717) is 25.9 Å². The van der Waals surface area contributed by atoms with Crippen LogP contribution in [0.3, 0.4) is 0 Å². The first kappa shape index (κ1) is 23.4. The SMILES string of the molecule is CC(C)NC(=O)C(NC(=O)c1ccc(F)cc1)C1CCN(C(=O)c2ccccc2F)CC1. The van der Waals surface area contributed by atoms with Gasteiger partial charge in [-0.15, -0.1) is 0 Å². The van der Waals surface area contributed by atoms with Crippen molar-refractivity contribution in [3.63, 3.8) is 0 Å². The molecule has 2 N–H and O–H groups in total. The Labute approximate surface area is 186 Å². The minimum atomic E-state index is -0.805. The Morgan fingerprint density at radius 1 is 0.938 bits per heavy atom. The molecule has 6 nitrogen and oxygen atoms in total. The van der Waals surface area contributed by atoms with Crippen molar-refractivity contribution in [2.45, 2.75) is 38.8 Å². The third-order valence-electron chi connectivity index (χ3n) is 5.51. The summed E-state index contributed by atoms with van der Waals surface area (Å²) in [6.07, 6.45) is 0.945. The molecule has 1 fully saturated rings. The molecule has 0 aromatic heterocycles. The maximum atomic E-state index is 14.0. The maximum Gasteiger partial charge on any atom is 0.256 e. The highest BCUT2D eigenvalue weighted by Crippen LogP contribution is 2.23. The molecular weight excluding hydrogens is 416 g/mol. The number of amides is 3. The first-order valence-electron chi connectivity index (χ1n) is 10.7. The first-order chi connectivity index (χ1) is 15.3. The molecular formula is C24H27F2N3O3. The quantitative estimate of drug-likeness (QED) is 0.720. The van der Waals surface area contributed by atoms with E-state index in [1.807, 2.05) is 13.8 Å². The number of likely N-dealkylation sites (tertiary alicyclic amines) is 1. The van der Waals surface area contributed by atoms with Gasteiger partial charge in [-0.05, 0) is 69.0 Å². The summed E-state index contributed by atoms with van der Waals surface area (Å²) >= 11 is 0. The number of halogens is 2. The molecule has 0 aliphatic carbocycles. The average Bonchev–Trinajstić information content (AvgIpc) is 2.77. The molecule has 0 radical (unpaired) electrons. The number of hydrogen-bond acceptors (Lipinski definition) is 3. The number of nitrogens with one attached hydrogen (secondary N) is 2. The van der Waals surface area contributed by atoms with E-state index in [4.69, 9.17) is 0 Å². The molecule has 1 aliphatic heterocycles. The second kappa shape index (κ2) is 10.3. The molecule has 1 aliphatic rings. The van der Waals surface area contributed by atoms with Gasteiger partial charge in [0.05, 0.1) is 5.56 Å². The molecule has 0 saturated carbocycles. The third kappa shape index (κ3) is 5.69. The minimum absolute atomic E-state index is 0.0182. The van der Waals surface area contributed by atoms with Crippen LogP contribution in [0, 0.1) is 17.6 Å². The summed E-state index contributed by atoms with van der Waals surface area (Å²) in [5.74, 6) is -2.40. The van der Waals surface area contributed by atoms with E-state index in [-0.39, 0.29) is 34.9 Å². The minimum Gasteiger partial charge on any atom is -0.352 e. The molecule has 1 atom stereocenters. The van der Waals surface area contributed by atoms with Crippen LogP contribution in [-0.4, -0.2) is 47.8 Å². The second-order valence-corrected chi connectivity index (χ2v) is 8.23. The fourth-order valence-electron chi connectivity index (χ4n) is 3.84. The predicted octanol–water partition coefficient (Wildman–Crippen LogP) is 3.14. The number of benzene rings is 2. The predicted molar refractivity (Wildman–Crippen MR) is 116 cm³/mol. The summed E-state index contributed by atoms with van der Waals surface area (Å²) in [4.78, 5) is 39.8. The molecule has 3 amide bonds. The van der Waals surface area contributed by atoms with Crippen molar-refractivity contribution in [1.82, 2.24) is 15.5 Å². The summed E-state index contributed by atoms with van der Waals surface area (Å²) in [6, 6.07) is 10.0. The van der Waals surface area contributed by atoms with Gasteiger partial charge in [0.25, 0.3) is 11.8 Å². The van der Waals surface area contributed by atoms with Crippen LogP contribution in [0.15, 0.2) is 48.5 Å². The lowest BCUT2D eigenvalue weighted by Gasteiger charge is -2.36. The van der Waals surface area contributed by atoms with Crippen LogP contribution in [0.5, 0.6) is 0 Å². The molecule has 0 spiro atoms. The standard InChI is InChI=1S/C24H27F2N3O3/c1-15(2)27-23(31)21(28-22(30)17-7-9-18(25)10-8-17)16-11-13-29(14-12-16)24(32)19-5-3-4-6-20(19)26/h3-10,15-16,21H,11-14H2,1-2H3,(H,27,31)(H,28,30). The average molecular weight is 443 g/mol. The van der Waals surface area contributed by atoms with Crippen LogP contribution >= 0.6 is 0 Å². The van der Waals surface area contributed by atoms with Crippen molar-refractivity contribution in [1.29, 1.82) is 0 Å². The molecule has 32 heavy (non-hydrogen) atoms. The number of hydrogen-bond donors (Lipinski definition) is 2. The normalized spacial score (nSPS) is 15.3. The van der Waals surface area contributed by atoms with Gasteiger partial charge in [-0.25, -0.2) is 8.78 Å². The Kier molecular flexibility index (Phi) is 7.56. The van der Waals surface area contributed by atoms with Gasteiger partial charge in [0.15, 0.2) is 0 Å². The largest absolute Gasteiger partial charge is 0.352 e. The number of carbonyl (C=O) groups is 3. The summed E-state index contributed by atoms with van der Waals surface area (Å²) in [5.41, 5.74) is 0.269. The lowest BCUT2D eigenvalue weighted by atomic mass is 9.88. The van der Waals surface area contributed by atoms with Gasteiger partial charge >= 0.3 is 0 Å². The van der Waals surface area contributed by atoms with E-state index in [2.05, 4.69) is 10.6 Å². The van der Waals surface area contributed by atoms with E-state index in [1.165, 1.54) is 42.5 Å². The van der Waals surface area contributed by atoms with E-state index in [1.54, 1.807) is 11.0 Å². The Morgan fingerprint density at radius 2 is 1.56 bits per heavy atom. The van der Waals surface area contributed by atoms with Crippen LogP contribution in [0.1, 0.15) is 47.4 Å². The number of rotatable bonds is 6. The van der Waals surface area contributed by atoms with Crippen molar-refractivity contribution >= 4 is 17.7 Å². The zero-order valence-corrected chi connectivity index (χ0v) is 18.1. The van der Waals surface area contributed by atoms with E-state index in [9.17, 15) is 23.2 Å². The van der Waals surface area contributed by atoms with Crippen molar-refractivity contribution in [2.75, 3.05) is 13.1 Å². The first-order valence-corrected chi connectivity index (χ1v) is 10.7. The van der Waals surface area contributed by atoms with E-state index >= 15 is 0 Å². The molecule has 1 unspecified atom stereocenters. The Bertz CT molecular complexity index is 971. The molecule has 1 heterocycles. The van der Waals surface area contributed by atoms with Crippen LogP contribution < -0.4 is 10.6 Å². The topological polar surface area (TPSA) is 78.5 Å². The van der Waals surface area contributed by atoms with Crippen molar-refractivity contribution in [2.24, 2.45) is 5.92 Å². The lowest BCUT2D eigenvalue weighted by molar-refractivity contribution is -0.125. The van der Waals surface area contributed by atoms with E-state index in [0.717, 1.165) is 0 Å². The van der Waals surface area contributed by atoms with Crippen molar-refractivity contribution in [3.8, 4) is 0 Å². The maximum absolute atomic E-state index is 14.0. The van der Waals surface area contributed by atoms with Gasteiger partial charge in [0.1, 0.15) is 17.7 Å². The molecule has 3 rings (SSSR count). The summed E-state index contributed by atoms with van der Waals surface area (Å²) in [6.45, 7) is 4.34. The van der Waals surface area contributed by atoms with Crippen LogP contribution in [0.4, 0.5) is 8.78 Å². The number of carbonyl (C=O) groups excluding carboxylic acids is 3. The zero-order valence-electron chi connectivity index (χ0n) is 18.1. The lowest BCUT2D eigenvalue weighted by Crippen LogP contribution is -2.54. The molecule has 2 aromatic rings. The van der Waals surface area contributed by atoms with Crippen molar-refractivity contribution < 1.29 is 23.2 Å². The fourth-order valence-corrected chi connectivity index (χ4v) is 3.84. The van der Waals surface area contributed by atoms with Gasteiger partial charge in [-0.1, -0.05) is 12.1 Å². The van der Waals surface area contributed by atoms with Crippen LogP contribution in [0.25, 0.3) is 0 Å². The summed E-state index contributed by atoms with van der Waals surface area (Å²) in [7, 11) is 0. The number of nitrogens with zero attached hydrogens (tertiary/aromatic N) is 1. The second-order valence-electron chi connectivity index (χ2n) is 8.23. The summed E-state index contributed by atoms with van der Waals surface area (Å²) in [5, 5.41) is 5.61.